The van der Waals surface area contributed by atoms with E-state index in [2.05, 4.69) is 29.6 Å². The number of ether oxygens (including phenoxy) is 3. The number of aryl methyl sites for hydroxylation is 1. The molecule has 34 heavy (non-hydrogen) atoms. The Hall–Kier alpha value is -3.99. The van der Waals surface area contributed by atoms with Gasteiger partial charge in [-0.25, -0.2) is 4.98 Å². The molecule has 0 radical (unpaired) electrons. The Bertz CT molecular complexity index is 1420. The Morgan fingerprint density at radius 2 is 2.06 bits per heavy atom. The molecule has 9 nitrogen and oxygen atoms in total. The van der Waals surface area contributed by atoms with Crippen molar-refractivity contribution < 1.29 is 27.8 Å². The van der Waals surface area contributed by atoms with E-state index < -0.39 is 12.3 Å². The van der Waals surface area contributed by atoms with E-state index in [9.17, 15) is 13.6 Å². The van der Waals surface area contributed by atoms with Crippen LogP contribution < -0.4 is 9.47 Å². The number of amides is 1. The van der Waals surface area contributed by atoms with Crippen molar-refractivity contribution >= 4 is 16.9 Å². The number of aromatic nitrogens is 4. The minimum atomic E-state index is -3.70. The maximum atomic E-state index is 13.6. The highest BCUT2D eigenvalue weighted by Gasteiger charge is 2.44. The van der Waals surface area contributed by atoms with E-state index in [1.54, 1.807) is 23.4 Å². The third-order valence-electron chi connectivity index (χ3n) is 6.07. The topological polar surface area (TPSA) is 105 Å². The number of carbonyl (C=O) groups excluding carboxylic acids is 1. The molecule has 2 aliphatic heterocycles. The fourth-order valence-corrected chi connectivity index (χ4v) is 4.39. The van der Waals surface area contributed by atoms with Crippen LogP contribution in [0.25, 0.3) is 22.3 Å². The first-order chi connectivity index (χ1) is 16.4. The number of fused-ring (bicyclic) bond motifs is 2. The molecule has 2 aliphatic rings. The lowest BCUT2D eigenvalue weighted by Gasteiger charge is -2.36. The zero-order valence-electron chi connectivity index (χ0n) is 18.0. The maximum Gasteiger partial charge on any atom is 0.586 e. The van der Waals surface area contributed by atoms with Crippen molar-refractivity contribution in [2.24, 2.45) is 0 Å². The number of H-pyrrole nitrogens is 2. The van der Waals surface area contributed by atoms with Crippen LogP contribution in [0, 0.1) is 6.92 Å². The average Bonchev–Trinajstić information content (AvgIpc) is 3.52. The lowest BCUT2D eigenvalue weighted by atomic mass is 10.0. The summed E-state index contributed by atoms with van der Waals surface area (Å²) in [5, 5.41) is 7.61. The van der Waals surface area contributed by atoms with Gasteiger partial charge in [-0.2, -0.15) is 5.10 Å². The van der Waals surface area contributed by atoms with E-state index in [1.807, 2.05) is 19.1 Å². The molecule has 1 atom stereocenters. The molecule has 1 aromatic carbocycles. The van der Waals surface area contributed by atoms with Crippen LogP contribution in [0.1, 0.15) is 27.7 Å². The zero-order chi connectivity index (χ0) is 23.4. The molecule has 5 heterocycles. The van der Waals surface area contributed by atoms with Gasteiger partial charge in [0.15, 0.2) is 11.5 Å². The Morgan fingerprint density at radius 1 is 1.21 bits per heavy atom. The van der Waals surface area contributed by atoms with Crippen LogP contribution in [0.2, 0.25) is 0 Å². The van der Waals surface area contributed by atoms with Crippen molar-refractivity contribution in [3.8, 4) is 22.8 Å². The molecule has 6 rings (SSSR count). The molecule has 0 aliphatic carbocycles. The molecule has 4 aromatic rings. The van der Waals surface area contributed by atoms with Crippen LogP contribution in [0.15, 0.2) is 42.7 Å². The highest BCUT2D eigenvalue weighted by molar-refractivity contribution is 6.06. The molecule has 1 unspecified atom stereocenters. The summed E-state index contributed by atoms with van der Waals surface area (Å²) in [5.74, 6) is -0.329. The van der Waals surface area contributed by atoms with Crippen LogP contribution in [0.3, 0.4) is 0 Å². The lowest BCUT2D eigenvalue weighted by Crippen LogP contribution is -2.43. The van der Waals surface area contributed by atoms with Gasteiger partial charge < -0.3 is 24.1 Å². The number of benzene rings is 1. The molecule has 1 fully saturated rings. The Morgan fingerprint density at radius 3 is 2.88 bits per heavy atom. The van der Waals surface area contributed by atoms with E-state index in [0.29, 0.717) is 35.3 Å². The van der Waals surface area contributed by atoms with Crippen molar-refractivity contribution in [2.45, 2.75) is 19.3 Å². The smallest absolute Gasteiger partial charge is 0.395 e. The van der Waals surface area contributed by atoms with Gasteiger partial charge in [0.05, 0.1) is 36.7 Å². The average molecular weight is 467 g/mol. The number of hydrogen-bond donors (Lipinski definition) is 2. The first-order valence-corrected chi connectivity index (χ1v) is 10.7. The Balaban J connectivity index is 1.32. The van der Waals surface area contributed by atoms with Gasteiger partial charge in [0, 0.05) is 29.4 Å². The normalized spacial score (nSPS) is 19.0. The Labute approximate surface area is 191 Å². The van der Waals surface area contributed by atoms with Crippen molar-refractivity contribution in [3.63, 3.8) is 0 Å². The van der Waals surface area contributed by atoms with E-state index in [0.717, 1.165) is 17.0 Å². The van der Waals surface area contributed by atoms with Crippen molar-refractivity contribution in [1.82, 2.24) is 25.1 Å². The highest BCUT2D eigenvalue weighted by Crippen LogP contribution is 2.43. The second-order valence-corrected chi connectivity index (χ2v) is 8.17. The minimum absolute atomic E-state index is 0.0466. The number of aromatic amines is 2. The number of nitrogens with zero attached hydrogens (tertiary/aromatic N) is 3. The molecule has 0 bridgehead atoms. The molecular weight excluding hydrogens is 448 g/mol. The third-order valence-corrected chi connectivity index (χ3v) is 6.07. The summed E-state index contributed by atoms with van der Waals surface area (Å²) in [4.78, 5) is 23.0. The number of rotatable bonds is 3. The number of nitrogens with one attached hydrogen (secondary N) is 2. The summed E-state index contributed by atoms with van der Waals surface area (Å²) in [7, 11) is 0. The zero-order valence-corrected chi connectivity index (χ0v) is 18.0. The second-order valence-electron chi connectivity index (χ2n) is 8.17. The van der Waals surface area contributed by atoms with E-state index in [1.165, 1.54) is 12.1 Å². The van der Waals surface area contributed by atoms with Crippen LogP contribution >= 0.6 is 0 Å². The molecule has 1 amide bonds. The molecule has 0 saturated carbocycles. The number of hydrogen-bond acceptors (Lipinski definition) is 6. The van der Waals surface area contributed by atoms with Gasteiger partial charge in [0.2, 0.25) is 0 Å². The fraction of sp³-hybridized carbons (Fsp3) is 0.261. The van der Waals surface area contributed by atoms with Crippen LogP contribution in [0.5, 0.6) is 11.5 Å². The van der Waals surface area contributed by atoms with Crippen LogP contribution in [-0.2, 0) is 4.74 Å². The predicted octanol–water partition coefficient (Wildman–Crippen LogP) is 3.80. The van der Waals surface area contributed by atoms with Crippen molar-refractivity contribution in [3.05, 3.63) is 59.5 Å². The summed E-state index contributed by atoms with van der Waals surface area (Å²) in [6.45, 7) is 2.86. The van der Waals surface area contributed by atoms with Gasteiger partial charge in [-0.1, -0.05) is 6.07 Å². The standard InChI is InChI=1S/C23H19F2N5O4/c1-12-15(10-27-29-12)17-4-3-14-16(9-26-21(14)28-17)22(31)30-6-7-32-11-18(30)13-2-5-19-20(8-13)34-23(24,25)33-19/h2-5,8-10,18H,6-7,11H2,1H3,(H,26,28)(H,27,29). The van der Waals surface area contributed by atoms with Crippen molar-refractivity contribution in [2.75, 3.05) is 19.8 Å². The highest BCUT2D eigenvalue weighted by atomic mass is 19.3. The van der Waals surface area contributed by atoms with E-state index in [4.69, 9.17) is 4.74 Å². The monoisotopic (exact) mass is 467 g/mol. The molecule has 0 spiro atoms. The first-order valence-electron chi connectivity index (χ1n) is 10.7. The minimum Gasteiger partial charge on any atom is -0.395 e. The quantitative estimate of drug-likeness (QED) is 0.475. The molecule has 11 heteroatoms. The molecule has 3 aromatic heterocycles. The third kappa shape index (κ3) is 3.36. The maximum absolute atomic E-state index is 13.6. The molecule has 174 valence electrons. The number of carbonyl (C=O) groups is 1. The Kier molecular flexibility index (Phi) is 4.56. The first kappa shape index (κ1) is 20.6. The molecule has 2 N–H and O–H groups in total. The summed E-state index contributed by atoms with van der Waals surface area (Å²) in [6.07, 6.45) is -0.360. The van der Waals surface area contributed by atoms with Crippen LogP contribution in [-0.4, -0.2) is 57.0 Å². The summed E-state index contributed by atoms with van der Waals surface area (Å²) >= 11 is 0. The SMILES string of the molecule is Cc1[nH]ncc1-c1ccc2c(C(=O)N3CCOCC3c3ccc4c(c3)OC(F)(F)O4)c[nH]c2n1. The van der Waals surface area contributed by atoms with Gasteiger partial charge in [0.1, 0.15) is 5.65 Å². The van der Waals surface area contributed by atoms with Gasteiger partial charge in [-0.15, -0.1) is 8.78 Å². The van der Waals surface area contributed by atoms with E-state index >= 15 is 0 Å². The lowest BCUT2D eigenvalue weighted by molar-refractivity contribution is -0.286. The van der Waals surface area contributed by atoms with Gasteiger partial charge in [-0.05, 0) is 36.8 Å². The molecular formula is C23H19F2N5O4. The number of alkyl halides is 2. The van der Waals surface area contributed by atoms with Gasteiger partial charge in [-0.3, -0.25) is 9.89 Å². The fourth-order valence-electron chi connectivity index (χ4n) is 4.39. The van der Waals surface area contributed by atoms with E-state index in [-0.39, 0.29) is 24.0 Å². The number of pyridine rings is 1. The number of halogens is 2. The number of morpholine rings is 1. The summed E-state index contributed by atoms with van der Waals surface area (Å²) in [5.41, 5.74) is 4.18. The second kappa shape index (κ2) is 7.52. The predicted molar refractivity (Wildman–Crippen MR) is 116 cm³/mol. The summed E-state index contributed by atoms with van der Waals surface area (Å²) in [6, 6.07) is 7.74. The van der Waals surface area contributed by atoms with Crippen LogP contribution in [0.4, 0.5) is 8.78 Å². The largest absolute Gasteiger partial charge is 0.586 e. The van der Waals surface area contributed by atoms with Gasteiger partial charge >= 0.3 is 6.29 Å². The van der Waals surface area contributed by atoms with Crippen molar-refractivity contribution in [1.29, 1.82) is 0 Å². The molecule has 1 saturated heterocycles. The summed E-state index contributed by atoms with van der Waals surface area (Å²) < 4.78 is 41.6. The van der Waals surface area contributed by atoms with Gasteiger partial charge in [0.25, 0.3) is 5.91 Å².